The van der Waals surface area contributed by atoms with Crippen molar-refractivity contribution in [3.05, 3.63) is 54.4 Å². The largest absolute Gasteiger partial charge is 0.323 e. The van der Waals surface area contributed by atoms with E-state index in [0.717, 1.165) is 5.69 Å². The summed E-state index contributed by atoms with van der Waals surface area (Å²) in [5, 5.41) is 0. The number of aromatic nitrogens is 1. The molecule has 0 aliphatic rings. The average Bonchev–Trinajstić information content (AvgIpc) is 2.46. The third-order valence-corrected chi connectivity index (χ3v) is 2.66. The normalized spacial score (nSPS) is 9.89. The average molecular weight is 242 g/mol. The van der Waals surface area contributed by atoms with Crippen LogP contribution in [0.5, 0.6) is 0 Å². The van der Waals surface area contributed by atoms with E-state index in [4.69, 9.17) is 5.84 Å². The molecule has 5 heteroatoms. The van der Waals surface area contributed by atoms with E-state index in [9.17, 15) is 4.79 Å². The summed E-state index contributed by atoms with van der Waals surface area (Å²) in [4.78, 5) is 17.8. The van der Waals surface area contributed by atoms with Crippen LogP contribution in [0.1, 0.15) is 10.4 Å². The quantitative estimate of drug-likeness (QED) is 0.634. The second-order valence-corrected chi connectivity index (χ2v) is 3.77. The Morgan fingerprint density at radius 3 is 2.67 bits per heavy atom. The van der Waals surface area contributed by atoms with Crippen molar-refractivity contribution in [1.29, 1.82) is 0 Å². The molecule has 1 aromatic carbocycles. The number of rotatable bonds is 3. The molecule has 0 radical (unpaired) electrons. The van der Waals surface area contributed by atoms with Crippen molar-refractivity contribution >= 4 is 17.3 Å². The molecular weight excluding hydrogens is 228 g/mol. The zero-order valence-corrected chi connectivity index (χ0v) is 10.00. The summed E-state index contributed by atoms with van der Waals surface area (Å²) in [5.74, 6) is 5.21. The second-order valence-electron chi connectivity index (χ2n) is 3.77. The van der Waals surface area contributed by atoms with Gasteiger partial charge in [-0.1, -0.05) is 18.2 Å². The fraction of sp³-hybridized carbons (Fsp3) is 0.0769. The first-order valence-corrected chi connectivity index (χ1v) is 5.47. The van der Waals surface area contributed by atoms with E-state index in [2.05, 4.69) is 10.4 Å². The topological polar surface area (TPSA) is 71.2 Å². The van der Waals surface area contributed by atoms with Gasteiger partial charge < -0.3 is 10.3 Å². The van der Waals surface area contributed by atoms with Gasteiger partial charge in [-0.3, -0.25) is 15.6 Å². The SMILES string of the molecule is CN(C(=O)c1cnccc1NN)c1ccccc1. The molecule has 1 aromatic heterocycles. The molecule has 0 unspecified atom stereocenters. The van der Waals surface area contributed by atoms with Gasteiger partial charge in [0.25, 0.3) is 5.91 Å². The summed E-state index contributed by atoms with van der Waals surface area (Å²) in [5.41, 5.74) is 4.30. The Hall–Kier alpha value is -2.40. The summed E-state index contributed by atoms with van der Waals surface area (Å²) >= 11 is 0. The second kappa shape index (κ2) is 5.29. The minimum absolute atomic E-state index is 0.165. The summed E-state index contributed by atoms with van der Waals surface area (Å²) in [7, 11) is 1.71. The lowest BCUT2D eigenvalue weighted by Gasteiger charge is -2.18. The predicted molar refractivity (Wildman–Crippen MR) is 71.2 cm³/mol. The van der Waals surface area contributed by atoms with Crippen LogP contribution >= 0.6 is 0 Å². The lowest BCUT2D eigenvalue weighted by molar-refractivity contribution is 0.0993. The maximum absolute atomic E-state index is 12.3. The molecule has 0 saturated heterocycles. The van der Waals surface area contributed by atoms with Gasteiger partial charge in [0.1, 0.15) is 0 Å². The van der Waals surface area contributed by atoms with E-state index in [1.54, 1.807) is 24.2 Å². The van der Waals surface area contributed by atoms with E-state index in [0.29, 0.717) is 11.3 Å². The molecule has 1 heterocycles. The summed E-state index contributed by atoms with van der Waals surface area (Å²) < 4.78 is 0. The molecule has 0 aliphatic carbocycles. The number of hydrogen-bond acceptors (Lipinski definition) is 4. The Morgan fingerprint density at radius 2 is 2.00 bits per heavy atom. The molecule has 2 rings (SSSR count). The van der Waals surface area contributed by atoms with E-state index in [-0.39, 0.29) is 5.91 Å². The number of pyridine rings is 1. The van der Waals surface area contributed by atoms with E-state index in [1.807, 2.05) is 30.3 Å². The van der Waals surface area contributed by atoms with Gasteiger partial charge in [-0.2, -0.15) is 0 Å². The molecule has 0 atom stereocenters. The van der Waals surface area contributed by atoms with E-state index < -0.39 is 0 Å². The molecular formula is C13H14N4O. The van der Waals surface area contributed by atoms with Gasteiger partial charge in [0.2, 0.25) is 0 Å². The van der Waals surface area contributed by atoms with Crippen LogP contribution in [0.4, 0.5) is 11.4 Å². The van der Waals surface area contributed by atoms with Gasteiger partial charge in [-0.05, 0) is 18.2 Å². The highest BCUT2D eigenvalue weighted by molar-refractivity contribution is 6.08. The third kappa shape index (κ3) is 2.31. The lowest BCUT2D eigenvalue weighted by Crippen LogP contribution is -2.27. The Kier molecular flexibility index (Phi) is 3.54. The Morgan fingerprint density at radius 1 is 1.28 bits per heavy atom. The van der Waals surface area contributed by atoms with E-state index >= 15 is 0 Å². The maximum Gasteiger partial charge on any atom is 0.261 e. The fourth-order valence-electron chi connectivity index (χ4n) is 1.64. The minimum Gasteiger partial charge on any atom is -0.323 e. The van der Waals surface area contributed by atoms with Crippen LogP contribution in [-0.2, 0) is 0 Å². The number of amides is 1. The lowest BCUT2D eigenvalue weighted by atomic mass is 10.2. The summed E-state index contributed by atoms with van der Waals surface area (Å²) in [6, 6.07) is 11.0. The highest BCUT2D eigenvalue weighted by Crippen LogP contribution is 2.18. The smallest absolute Gasteiger partial charge is 0.261 e. The van der Waals surface area contributed by atoms with Gasteiger partial charge in [-0.25, -0.2) is 0 Å². The van der Waals surface area contributed by atoms with Gasteiger partial charge in [0.15, 0.2) is 0 Å². The van der Waals surface area contributed by atoms with Gasteiger partial charge in [-0.15, -0.1) is 0 Å². The minimum atomic E-state index is -0.165. The van der Waals surface area contributed by atoms with Crippen molar-refractivity contribution in [2.24, 2.45) is 5.84 Å². The standard InChI is InChI=1S/C13H14N4O/c1-17(10-5-3-2-4-6-10)13(18)11-9-15-8-7-12(11)16-14/h2-9H,14H2,1H3,(H,15,16). The third-order valence-electron chi connectivity index (χ3n) is 2.66. The zero-order chi connectivity index (χ0) is 13.0. The first kappa shape index (κ1) is 12.1. The molecule has 0 fully saturated rings. The molecule has 0 saturated carbocycles. The predicted octanol–water partition coefficient (Wildman–Crippen LogP) is 1.64. The number of para-hydroxylation sites is 1. The number of benzene rings is 1. The van der Waals surface area contributed by atoms with Crippen LogP contribution in [0.15, 0.2) is 48.8 Å². The molecule has 0 spiro atoms. The van der Waals surface area contributed by atoms with Crippen LogP contribution in [0.25, 0.3) is 0 Å². The summed E-state index contributed by atoms with van der Waals surface area (Å²) in [6.07, 6.45) is 3.07. The van der Waals surface area contributed by atoms with Crippen LogP contribution in [0.3, 0.4) is 0 Å². The first-order chi connectivity index (χ1) is 8.74. The van der Waals surface area contributed by atoms with Gasteiger partial charge >= 0.3 is 0 Å². The Balaban J connectivity index is 2.32. The van der Waals surface area contributed by atoms with E-state index in [1.165, 1.54) is 6.20 Å². The number of hydrazine groups is 1. The van der Waals surface area contributed by atoms with Crippen LogP contribution < -0.4 is 16.2 Å². The number of nitrogens with zero attached hydrogens (tertiary/aromatic N) is 2. The summed E-state index contributed by atoms with van der Waals surface area (Å²) in [6.45, 7) is 0. The van der Waals surface area contributed by atoms with Crippen molar-refractivity contribution in [1.82, 2.24) is 4.98 Å². The van der Waals surface area contributed by atoms with Crippen LogP contribution in [-0.4, -0.2) is 17.9 Å². The van der Waals surface area contributed by atoms with Crippen LogP contribution in [0, 0.1) is 0 Å². The fourth-order valence-corrected chi connectivity index (χ4v) is 1.64. The molecule has 18 heavy (non-hydrogen) atoms. The zero-order valence-electron chi connectivity index (χ0n) is 10.00. The molecule has 2 aromatic rings. The number of nitrogens with one attached hydrogen (secondary N) is 1. The maximum atomic E-state index is 12.3. The van der Waals surface area contributed by atoms with Crippen molar-refractivity contribution in [2.45, 2.75) is 0 Å². The Labute approximate surface area is 105 Å². The monoisotopic (exact) mass is 242 g/mol. The number of anilines is 2. The molecule has 5 nitrogen and oxygen atoms in total. The van der Waals surface area contributed by atoms with Gasteiger partial charge in [0.05, 0.1) is 11.3 Å². The molecule has 1 amide bonds. The highest BCUT2D eigenvalue weighted by Gasteiger charge is 2.16. The Bertz CT molecular complexity index is 542. The number of hydrogen-bond donors (Lipinski definition) is 2. The van der Waals surface area contributed by atoms with Crippen molar-refractivity contribution in [3.8, 4) is 0 Å². The number of carbonyl (C=O) groups is 1. The number of nitrogen functional groups attached to an aromatic ring is 1. The molecule has 3 N–H and O–H groups in total. The first-order valence-electron chi connectivity index (χ1n) is 5.47. The highest BCUT2D eigenvalue weighted by atomic mass is 16.2. The molecule has 0 aliphatic heterocycles. The molecule has 0 bridgehead atoms. The number of nitrogens with two attached hydrogens (primary N) is 1. The van der Waals surface area contributed by atoms with Crippen molar-refractivity contribution in [2.75, 3.05) is 17.4 Å². The number of carbonyl (C=O) groups excluding carboxylic acids is 1. The van der Waals surface area contributed by atoms with Crippen molar-refractivity contribution in [3.63, 3.8) is 0 Å². The van der Waals surface area contributed by atoms with Crippen LogP contribution in [0.2, 0.25) is 0 Å². The van der Waals surface area contributed by atoms with Crippen molar-refractivity contribution < 1.29 is 4.79 Å². The molecule has 92 valence electrons. The van der Waals surface area contributed by atoms with Gasteiger partial charge in [0, 0.05) is 25.1 Å².